The number of aryl methyl sites for hydroxylation is 1. The van der Waals surface area contributed by atoms with Crippen molar-refractivity contribution in [3.05, 3.63) is 53.5 Å². The Morgan fingerprint density at radius 3 is 2.31 bits per heavy atom. The lowest BCUT2D eigenvalue weighted by Crippen LogP contribution is -2.47. The van der Waals surface area contributed by atoms with Gasteiger partial charge in [-0.2, -0.15) is 0 Å². The van der Waals surface area contributed by atoms with Crippen LogP contribution in [0.5, 0.6) is 0 Å². The summed E-state index contributed by atoms with van der Waals surface area (Å²) < 4.78 is 21.5. The van der Waals surface area contributed by atoms with Crippen LogP contribution in [0.1, 0.15) is 31.9 Å². The van der Waals surface area contributed by atoms with Gasteiger partial charge in [-0.3, -0.25) is 0 Å². The van der Waals surface area contributed by atoms with Crippen molar-refractivity contribution in [3.63, 3.8) is 0 Å². The van der Waals surface area contributed by atoms with E-state index in [2.05, 4.69) is 61.6 Å². The van der Waals surface area contributed by atoms with Gasteiger partial charge in [0, 0.05) is 37.9 Å². The van der Waals surface area contributed by atoms with Crippen molar-refractivity contribution >= 4 is 19.8 Å². The second-order valence-electron chi connectivity index (χ2n) is 9.42. The molecule has 1 aliphatic rings. The van der Waals surface area contributed by atoms with Gasteiger partial charge in [0.15, 0.2) is 14.1 Å². The smallest absolute Gasteiger partial charge is 0.192 e. The highest BCUT2D eigenvalue weighted by Crippen LogP contribution is 2.37. The van der Waals surface area contributed by atoms with Gasteiger partial charge in [0.2, 0.25) is 0 Å². The van der Waals surface area contributed by atoms with E-state index in [0.29, 0.717) is 17.9 Å². The monoisotopic (exact) mass is 415 g/mol. The van der Waals surface area contributed by atoms with Crippen LogP contribution in [0.15, 0.2) is 36.5 Å². The summed E-state index contributed by atoms with van der Waals surface area (Å²) in [6, 6.07) is 9.71. The van der Waals surface area contributed by atoms with Crippen molar-refractivity contribution in [3.8, 4) is 0 Å². The third-order valence-corrected chi connectivity index (χ3v) is 10.8. The fourth-order valence-electron chi connectivity index (χ4n) is 3.36. The number of anilines is 2. The molecule has 1 aromatic carbocycles. The number of nitrogens with zero attached hydrogens (tertiary/aromatic N) is 3. The Morgan fingerprint density at radius 1 is 1.03 bits per heavy atom. The first kappa shape index (κ1) is 21.8. The van der Waals surface area contributed by atoms with Crippen LogP contribution in [0.2, 0.25) is 18.1 Å². The first-order chi connectivity index (χ1) is 13.6. The van der Waals surface area contributed by atoms with Gasteiger partial charge in [0.25, 0.3) is 0 Å². The van der Waals surface area contributed by atoms with Crippen molar-refractivity contribution in [2.75, 3.05) is 36.0 Å². The molecular weight excluding hydrogens is 381 g/mol. The van der Waals surface area contributed by atoms with E-state index in [1.54, 1.807) is 0 Å². The van der Waals surface area contributed by atoms with Crippen molar-refractivity contribution in [1.82, 2.24) is 4.98 Å². The highest BCUT2D eigenvalue weighted by molar-refractivity contribution is 6.74. The summed E-state index contributed by atoms with van der Waals surface area (Å²) in [5, 5.41) is 0.112. The Hall–Kier alpha value is -1.92. The predicted octanol–water partition coefficient (Wildman–Crippen LogP) is 5.38. The molecule has 2 heterocycles. The zero-order chi connectivity index (χ0) is 21.2. The molecular formula is C23H34FN3OSi. The molecule has 0 aliphatic carbocycles. The molecule has 0 bridgehead atoms. The molecule has 1 aliphatic heterocycles. The van der Waals surface area contributed by atoms with Crippen LogP contribution in [0.25, 0.3) is 0 Å². The van der Waals surface area contributed by atoms with Gasteiger partial charge in [0.1, 0.15) is 5.82 Å². The molecule has 0 spiro atoms. The number of pyridine rings is 1. The maximum Gasteiger partial charge on any atom is 0.192 e. The van der Waals surface area contributed by atoms with Gasteiger partial charge in [-0.05, 0) is 42.8 Å². The van der Waals surface area contributed by atoms with E-state index in [1.807, 2.05) is 30.5 Å². The molecule has 0 atom stereocenters. The lowest BCUT2D eigenvalue weighted by molar-refractivity contribution is 0.271. The van der Waals surface area contributed by atoms with Crippen LogP contribution in [0.4, 0.5) is 15.9 Å². The molecule has 0 radical (unpaired) electrons. The molecule has 1 fully saturated rings. The van der Waals surface area contributed by atoms with Gasteiger partial charge in [-0.1, -0.05) is 39.0 Å². The van der Waals surface area contributed by atoms with Gasteiger partial charge in [0.05, 0.1) is 12.3 Å². The molecule has 0 amide bonds. The number of aromatic nitrogens is 1. The minimum absolute atomic E-state index is 0.112. The van der Waals surface area contributed by atoms with Gasteiger partial charge in [-0.15, -0.1) is 0 Å². The van der Waals surface area contributed by atoms with Crippen LogP contribution in [0, 0.1) is 12.7 Å². The normalized spacial score (nSPS) is 15.7. The van der Waals surface area contributed by atoms with Crippen LogP contribution >= 0.6 is 0 Å². The Balaban J connectivity index is 1.68. The third-order valence-electron chi connectivity index (χ3n) is 6.35. The topological polar surface area (TPSA) is 28.6 Å². The summed E-state index contributed by atoms with van der Waals surface area (Å²) in [5.41, 5.74) is 2.51. The minimum atomic E-state index is -1.91. The van der Waals surface area contributed by atoms with Gasteiger partial charge >= 0.3 is 0 Å². The summed E-state index contributed by atoms with van der Waals surface area (Å²) in [6.45, 7) is 16.7. The van der Waals surface area contributed by atoms with Crippen LogP contribution in [0.3, 0.4) is 0 Å². The number of hydrogen-bond acceptors (Lipinski definition) is 4. The van der Waals surface area contributed by atoms with Crippen LogP contribution in [-0.2, 0) is 11.0 Å². The molecule has 3 rings (SSSR count). The molecule has 4 nitrogen and oxygen atoms in total. The SMILES string of the molecule is Cc1cccnc1N1CCN(c2cccc(CO[Si](C)(C)C(C)(C)C)c2F)CC1. The van der Waals surface area contributed by atoms with Gasteiger partial charge < -0.3 is 14.2 Å². The summed E-state index contributed by atoms with van der Waals surface area (Å²) in [6.07, 6.45) is 1.83. The lowest BCUT2D eigenvalue weighted by atomic mass is 10.1. The molecule has 0 N–H and O–H groups in total. The van der Waals surface area contributed by atoms with Crippen molar-refractivity contribution in [2.45, 2.75) is 52.4 Å². The van der Waals surface area contributed by atoms with E-state index < -0.39 is 8.32 Å². The second kappa shape index (κ2) is 8.44. The maximum atomic E-state index is 15.3. The first-order valence-corrected chi connectivity index (χ1v) is 13.3. The Bertz CT molecular complexity index is 842. The molecule has 1 saturated heterocycles. The van der Waals surface area contributed by atoms with E-state index in [1.165, 1.54) is 5.56 Å². The highest BCUT2D eigenvalue weighted by Gasteiger charge is 2.37. The van der Waals surface area contributed by atoms with Crippen molar-refractivity contribution < 1.29 is 8.82 Å². The summed E-state index contributed by atoms with van der Waals surface area (Å²) in [7, 11) is -1.91. The van der Waals surface area contributed by atoms with E-state index in [4.69, 9.17) is 4.43 Å². The summed E-state index contributed by atoms with van der Waals surface area (Å²) in [5.74, 6) is 0.887. The maximum absolute atomic E-state index is 15.3. The number of piperazine rings is 1. The third kappa shape index (κ3) is 4.81. The van der Waals surface area contributed by atoms with Crippen LogP contribution in [-0.4, -0.2) is 39.5 Å². The number of halogens is 1. The molecule has 0 unspecified atom stereocenters. The van der Waals surface area contributed by atoms with Crippen molar-refractivity contribution in [1.29, 1.82) is 0 Å². The molecule has 2 aromatic rings. The second-order valence-corrected chi connectivity index (χ2v) is 14.2. The zero-order valence-corrected chi connectivity index (χ0v) is 19.6. The summed E-state index contributed by atoms with van der Waals surface area (Å²) in [4.78, 5) is 8.94. The standard InChI is InChI=1S/C23H34FN3OSi/c1-18-9-8-12-25-22(18)27-15-13-26(14-16-27)20-11-7-10-19(21(20)24)17-28-29(5,6)23(2,3)4/h7-12H,13-17H2,1-6H3. The van der Waals surface area contributed by atoms with E-state index >= 15 is 4.39 Å². The van der Waals surface area contributed by atoms with Crippen LogP contribution < -0.4 is 9.80 Å². The molecule has 6 heteroatoms. The fourth-order valence-corrected chi connectivity index (χ4v) is 4.31. The number of rotatable bonds is 5. The largest absolute Gasteiger partial charge is 0.412 e. The lowest BCUT2D eigenvalue weighted by Gasteiger charge is -2.38. The van der Waals surface area contributed by atoms with E-state index in [0.717, 1.165) is 32.0 Å². The molecule has 1 aromatic heterocycles. The first-order valence-electron chi connectivity index (χ1n) is 10.4. The van der Waals surface area contributed by atoms with E-state index in [9.17, 15) is 0 Å². The quantitative estimate of drug-likeness (QED) is 0.613. The Kier molecular flexibility index (Phi) is 6.34. The highest BCUT2D eigenvalue weighted by atomic mass is 28.4. The predicted molar refractivity (Wildman–Crippen MR) is 122 cm³/mol. The average Bonchev–Trinajstić information content (AvgIpc) is 2.67. The molecule has 158 valence electrons. The molecule has 29 heavy (non-hydrogen) atoms. The number of benzene rings is 1. The fraction of sp³-hybridized carbons (Fsp3) is 0.522. The van der Waals surface area contributed by atoms with Crippen molar-refractivity contribution in [2.24, 2.45) is 0 Å². The molecule has 0 saturated carbocycles. The minimum Gasteiger partial charge on any atom is -0.412 e. The zero-order valence-electron chi connectivity index (χ0n) is 18.6. The number of hydrogen-bond donors (Lipinski definition) is 0. The average molecular weight is 416 g/mol. The van der Waals surface area contributed by atoms with E-state index in [-0.39, 0.29) is 10.9 Å². The van der Waals surface area contributed by atoms with Gasteiger partial charge in [-0.25, -0.2) is 9.37 Å². The Morgan fingerprint density at radius 2 is 1.69 bits per heavy atom. The Labute approximate surface area is 175 Å². The summed E-state index contributed by atoms with van der Waals surface area (Å²) >= 11 is 0.